The Hall–Kier alpha value is -2.53. The van der Waals surface area contributed by atoms with Gasteiger partial charge in [-0.15, -0.1) is 0 Å². The second kappa shape index (κ2) is 8.03. The van der Waals surface area contributed by atoms with Crippen molar-refractivity contribution in [2.24, 2.45) is 0 Å². The van der Waals surface area contributed by atoms with E-state index in [9.17, 15) is 4.79 Å². The number of hydrogen-bond acceptors (Lipinski definition) is 4. The van der Waals surface area contributed by atoms with Crippen molar-refractivity contribution in [2.45, 2.75) is 25.3 Å². The Kier molecular flexibility index (Phi) is 5.56. The molecule has 0 spiro atoms. The van der Waals surface area contributed by atoms with Gasteiger partial charge in [0.1, 0.15) is 0 Å². The van der Waals surface area contributed by atoms with Crippen LogP contribution in [0, 0.1) is 0 Å². The lowest BCUT2D eigenvalue weighted by atomic mass is 10.0. The standard InChI is InChI=1S/C20H25N3O2/c1-23-12-5-8-17(23)11-13-25-20(24)22-19-10-3-2-9-18(19)15-6-4-7-16(21)14-15/h2-4,6-7,9-10,14,17H,5,8,11-13,21H2,1H3,(H,22,24). The van der Waals surface area contributed by atoms with Crippen molar-refractivity contribution < 1.29 is 9.53 Å². The van der Waals surface area contributed by atoms with Crippen molar-refractivity contribution >= 4 is 17.5 Å². The number of hydrogen-bond donors (Lipinski definition) is 2. The second-order valence-corrected chi connectivity index (χ2v) is 6.50. The number of carbonyl (C=O) groups is 1. The fourth-order valence-electron chi connectivity index (χ4n) is 3.33. The SMILES string of the molecule is CN1CCCC1CCOC(=O)Nc1ccccc1-c1cccc(N)c1. The topological polar surface area (TPSA) is 67.6 Å². The third kappa shape index (κ3) is 4.51. The zero-order chi connectivity index (χ0) is 17.6. The van der Waals surface area contributed by atoms with E-state index < -0.39 is 6.09 Å². The van der Waals surface area contributed by atoms with Crippen molar-refractivity contribution in [2.75, 3.05) is 31.2 Å². The average molecular weight is 339 g/mol. The van der Waals surface area contributed by atoms with E-state index in [2.05, 4.69) is 17.3 Å². The van der Waals surface area contributed by atoms with Gasteiger partial charge in [-0.2, -0.15) is 0 Å². The van der Waals surface area contributed by atoms with E-state index in [-0.39, 0.29) is 0 Å². The number of amides is 1. The Morgan fingerprint density at radius 3 is 2.88 bits per heavy atom. The highest BCUT2D eigenvalue weighted by Gasteiger charge is 2.20. The van der Waals surface area contributed by atoms with Crippen molar-refractivity contribution in [3.8, 4) is 11.1 Å². The molecular weight excluding hydrogens is 314 g/mol. The molecule has 0 aliphatic carbocycles. The Bertz CT molecular complexity index is 732. The summed E-state index contributed by atoms with van der Waals surface area (Å²) in [7, 11) is 2.12. The van der Waals surface area contributed by atoms with Crippen molar-refractivity contribution in [3.63, 3.8) is 0 Å². The summed E-state index contributed by atoms with van der Waals surface area (Å²) in [5.41, 5.74) is 9.16. The number of carbonyl (C=O) groups excluding carboxylic acids is 1. The van der Waals surface area contributed by atoms with Gasteiger partial charge in [0.25, 0.3) is 0 Å². The summed E-state index contributed by atoms with van der Waals surface area (Å²) in [6, 6.07) is 15.8. The molecule has 1 saturated heterocycles. The first-order chi connectivity index (χ1) is 12.1. The van der Waals surface area contributed by atoms with E-state index >= 15 is 0 Å². The van der Waals surface area contributed by atoms with Crippen molar-refractivity contribution in [3.05, 3.63) is 48.5 Å². The lowest BCUT2D eigenvalue weighted by molar-refractivity contribution is 0.147. The predicted octanol–water partition coefficient (Wildman–Crippen LogP) is 3.97. The van der Waals surface area contributed by atoms with E-state index in [1.54, 1.807) is 0 Å². The molecule has 1 aliphatic rings. The first kappa shape index (κ1) is 17.3. The molecule has 25 heavy (non-hydrogen) atoms. The first-order valence-corrected chi connectivity index (χ1v) is 8.72. The molecular formula is C20H25N3O2. The Balaban J connectivity index is 1.60. The largest absolute Gasteiger partial charge is 0.449 e. The molecule has 2 aromatic rings. The number of rotatable bonds is 5. The summed E-state index contributed by atoms with van der Waals surface area (Å²) < 4.78 is 5.37. The lowest BCUT2D eigenvalue weighted by Gasteiger charge is -2.19. The molecule has 1 amide bonds. The van der Waals surface area contributed by atoms with Gasteiger partial charge < -0.3 is 15.4 Å². The van der Waals surface area contributed by atoms with Gasteiger partial charge in [0, 0.05) is 17.3 Å². The molecule has 0 saturated carbocycles. The van der Waals surface area contributed by atoms with Crippen LogP contribution in [0.4, 0.5) is 16.2 Å². The minimum Gasteiger partial charge on any atom is -0.449 e. The van der Waals surface area contributed by atoms with Gasteiger partial charge in [-0.25, -0.2) is 4.79 Å². The summed E-state index contributed by atoms with van der Waals surface area (Å²) in [4.78, 5) is 14.5. The van der Waals surface area contributed by atoms with Crippen LogP contribution >= 0.6 is 0 Å². The van der Waals surface area contributed by atoms with Gasteiger partial charge >= 0.3 is 6.09 Å². The minimum atomic E-state index is -0.419. The number of nitrogens with two attached hydrogens (primary N) is 1. The van der Waals surface area contributed by atoms with Gasteiger partial charge in [-0.05, 0) is 56.6 Å². The van der Waals surface area contributed by atoms with Crippen LogP contribution in [0.25, 0.3) is 11.1 Å². The highest BCUT2D eigenvalue weighted by Crippen LogP contribution is 2.29. The van der Waals surface area contributed by atoms with Gasteiger partial charge in [-0.1, -0.05) is 30.3 Å². The lowest BCUT2D eigenvalue weighted by Crippen LogP contribution is -2.27. The Morgan fingerprint density at radius 1 is 1.28 bits per heavy atom. The highest BCUT2D eigenvalue weighted by molar-refractivity contribution is 5.91. The molecule has 3 N–H and O–H groups in total. The molecule has 1 aliphatic heterocycles. The first-order valence-electron chi connectivity index (χ1n) is 8.72. The van der Waals surface area contributed by atoms with Crippen LogP contribution in [0.15, 0.2) is 48.5 Å². The maximum absolute atomic E-state index is 12.1. The molecule has 0 radical (unpaired) electrons. The summed E-state index contributed by atoms with van der Waals surface area (Å²) >= 11 is 0. The third-order valence-electron chi connectivity index (χ3n) is 4.72. The fraction of sp³-hybridized carbons (Fsp3) is 0.350. The molecule has 1 heterocycles. The molecule has 3 rings (SSSR count). The Labute approximate surface area is 148 Å². The summed E-state index contributed by atoms with van der Waals surface area (Å²) in [6.07, 6.45) is 2.86. The van der Waals surface area contributed by atoms with Crippen LogP contribution in [0.1, 0.15) is 19.3 Å². The maximum atomic E-state index is 12.1. The smallest absolute Gasteiger partial charge is 0.411 e. The molecule has 5 nitrogen and oxygen atoms in total. The van der Waals surface area contributed by atoms with Crippen molar-refractivity contribution in [1.82, 2.24) is 4.90 Å². The van der Waals surface area contributed by atoms with Gasteiger partial charge in [0.05, 0.1) is 12.3 Å². The van der Waals surface area contributed by atoms with E-state index in [1.807, 2.05) is 48.5 Å². The van der Waals surface area contributed by atoms with Crippen LogP contribution in [-0.2, 0) is 4.74 Å². The minimum absolute atomic E-state index is 0.419. The number of likely N-dealkylation sites (tertiary alicyclic amines) is 1. The molecule has 1 unspecified atom stereocenters. The van der Waals surface area contributed by atoms with Gasteiger partial charge in [0.15, 0.2) is 0 Å². The molecule has 5 heteroatoms. The number of benzene rings is 2. The maximum Gasteiger partial charge on any atom is 0.411 e. The molecule has 2 aromatic carbocycles. The zero-order valence-electron chi connectivity index (χ0n) is 14.6. The summed E-state index contributed by atoms with van der Waals surface area (Å²) in [6.45, 7) is 1.56. The van der Waals surface area contributed by atoms with Crippen LogP contribution in [0.2, 0.25) is 0 Å². The van der Waals surface area contributed by atoms with Gasteiger partial charge in [0.2, 0.25) is 0 Å². The number of ether oxygens (including phenoxy) is 1. The van der Waals surface area contributed by atoms with Crippen LogP contribution in [-0.4, -0.2) is 37.2 Å². The zero-order valence-corrected chi connectivity index (χ0v) is 14.6. The second-order valence-electron chi connectivity index (χ2n) is 6.50. The number of para-hydroxylation sites is 1. The van der Waals surface area contributed by atoms with E-state index in [0.717, 1.165) is 29.8 Å². The number of nitrogen functional groups attached to an aromatic ring is 1. The summed E-state index contributed by atoms with van der Waals surface area (Å²) in [5.74, 6) is 0. The van der Waals surface area contributed by atoms with Crippen LogP contribution < -0.4 is 11.1 Å². The van der Waals surface area contributed by atoms with Crippen molar-refractivity contribution in [1.29, 1.82) is 0 Å². The molecule has 0 aromatic heterocycles. The average Bonchev–Trinajstić information content (AvgIpc) is 3.00. The molecule has 1 fully saturated rings. The normalized spacial score (nSPS) is 17.4. The quantitative estimate of drug-likeness (QED) is 0.809. The monoisotopic (exact) mass is 339 g/mol. The van der Waals surface area contributed by atoms with Gasteiger partial charge in [-0.3, -0.25) is 5.32 Å². The number of nitrogens with zero attached hydrogens (tertiary/aromatic N) is 1. The third-order valence-corrected chi connectivity index (χ3v) is 4.72. The molecule has 132 valence electrons. The van der Waals surface area contributed by atoms with Crippen LogP contribution in [0.5, 0.6) is 0 Å². The van der Waals surface area contributed by atoms with Crippen LogP contribution in [0.3, 0.4) is 0 Å². The summed E-state index contributed by atoms with van der Waals surface area (Å²) in [5, 5.41) is 2.85. The van der Waals surface area contributed by atoms with E-state index in [1.165, 1.54) is 12.8 Å². The Morgan fingerprint density at radius 2 is 2.12 bits per heavy atom. The number of nitrogens with one attached hydrogen (secondary N) is 1. The fourth-order valence-corrected chi connectivity index (χ4v) is 3.33. The van der Waals surface area contributed by atoms with E-state index in [4.69, 9.17) is 10.5 Å². The highest BCUT2D eigenvalue weighted by atomic mass is 16.5. The molecule has 0 bridgehead atoms. The van der Waals surface area contributed by atoms with E-state index in [0.29, 0.717) is 18.3 Å². The molecule has 1 atom stereocenters. The predicted molar refractivity (Wildman–Crippen MR) is 102 cm³/mol. The number of anilines is 2.